The van der Waals surface area contributed by atoms with E-state index in [0.717, 1.165) is 5.56 Å². The topological polar surface area (TPSA) is 256 Å². The summed E-state index contributed by atoms with van der Waals surface area (Å²) in [5, 5.41) is 26.2. The third kappa shape index (κ3) is 12.3. The first-order chi connectivity index (χ1) is 17.0. The van der Waals surface area contributed by atoms with Crippen LogP contribution in [0.3, 0.4) is 0 Å². The van der Waals surface area contributed by atoms with Crippen LogP contribution in [0.25, 0.3) is 0 Å². The summed E-state index contributed by atoms with van der Waals surface area (Å²) in [6.07, 6.45) is 0.403. The third-order valence-corrected chi connectivity index (χ3v) is 5.00. The molecule has 14 nitrogen and oxygen atoms in total. The highest BCUT2D eigenvalue weighted by atomic mass is 16.4. The number of rotatable bonds is 16. The fourth-order valence-corrected chi connectivity index (χ4v) is 3.09. The smallest absolute Gasteiger partial charge is 0.326 e. The van der Waals surface area contributed by atoms with Crippen LogP contribution in [-0.2, 0) is 30.4 Å². The predicted octanol–water partition coefficient (Wildman–Crippen LogP) is -2.74. The van der Waals surface area contributed by atoms with Crippen molar-refractivity contribution in [1.82, 2.24) is 21.3 Å². The van der Waals surface area contributed by atoms with Gasteiger partial charge in [0.05, 0.1) is 12.6 Å². The summed E-state index contributed by atoms with van der Waals surface area (Å²) in [5.74, 6) is -4.20. The van der Waals surface area contributed by atoms with Gasteiger partial charge in [-0.05, 0) is 24.8 Å². The van der Waals surface area contributed by atoms with Crippen molar-refractivity contribution in [2.45, 2.75) is 50.2 Å². The van der Waals surface area contributed by atoms with Crippen molar-refractivity contribution in [3.05, 3.63) is 35.9 Å². The van der Waals surface area contributed by atoms with Crippen LogP contribution in [0.1, 0.15) is 31.2 Å². The number of benzene rings is 1. The summed E-state index contributed by atoms with van der Waals surface area (Å²) in [6, 6.07) is 5.46. The SMILES string of the molecule is N=C(N)NCCC[C@H](NC(=O)CNC(=O)[C@H](Cc1ccccc1)NC(=O)[C@@H](N)CCC(N)=O)C(=O)O. The maximum atomic E-state index is 12.8. The second-order valence-electron chi connectivity index (χ2n) is 8.02. The number of hydrogen-bond acceptors (Lipinski definition) is 7. The Labute approximate surface area is 208 Å². The molecule has 0 saturated carbocycles. The van der Waals surface area contributed by atoms with Crippen LogP contribution in [0.5, 0.6) is 0 Å². The second-order valence-corrected chi connectivity index (χ2v) is 8.02. The van der Waals surface area contributed by atoms with Crippen molar-refractivity contribution in [2.75, 3.05) is 13.1 Å². The Morgan fingerprint density at radius 3 is 2.17 bits per heavy atom. The van der Waals surface area contributed by atoms with Crippen LogP contribution < -0.4 is 38.5 Å². The van der Waals surface area contributed by atoms with Crippen molar-refractivity contribution in [1.29, 1.82) is 5.41 Å². The number of carbonyl (C=O) groups excluding carboxylic acids is 4. The van der Waals surface area contributed by atoms with Crippen LogP contribution in [0.15, 0.2) is 30.3 Å². The molecule has 198 valence electrons. The number of amides is 4. The van der Waals surface area contributed by atoms with E-state index in [1.54, 1.807) is 30.3 Å². The molecule has 0 radical (unpaired) electrons. The summed E-state index contributed by atoms with van der Waals surface area (Å²) in [4.78, 5) is 59.9. The highest BCUT2D eigenvalue weighted by Gasteiger charge is 2.25. The van der Waals surface area contributed by atoms with E-state index in [-0.39, 0.29) is 38.2 Å². The van der Waals surface area contributed by atoms with E-state index in [9.17, 15) is 29.1 Å². The highest BCUT2D eigenvalue weighted by molar-refractivity contribution is 5.93. The Morgan fingerprint density at radius 2 is 1.58 bits per heavy atom. The molecular weight excluding hydrogens is 472 g/mol. The number of aliphatic carboxylic acids is 1. The van der Waals surface area contributed by atoms with Gasteiger partial charge in [0.2, 0.25) is 23.6 Å². The Balaban J connectivity index is 2.72. The first kappa shape index (κ1) is 29.8. The van der Waals surface area contributed by atoms with Crippen molar-refractivity contribution in [3.63, 3.8) is 0 Å². The summed E-state index contributed by atoms with van der Waals surface area (Å²) >= 11 is 0. The van der Waals surface area contributed by atoms with Crippen LogP contribution in [0.4, 0.5) is 0 Å². The van der Waals surface area contributed by atoms with Gasteiger partial charge in [0.25, 0.3) is 0 Å². The lowest BCUT2D eigenvalue weighted by atomic mass is 10.0. The van der Waals surface area contributed by atoms with Gasteiger partial charge in [-0.1, -0.05) is 30.3 Å². The molecule has 0 saturated heterocycles. The molecule has 0 bridgehead atoms. The van der Waals surface area contributed by atoms with Crippen molar-refractivity contribution >= 4 is 35.6 Å². The lowest BCUT2D eigenvalue weighted by Crippen LogP contribution is -2.54. The molecule has 12 N–H and O–H groups in total. The number of carboxylic acids is 1. The number of carbonyl (C=O) groups is 5. The normalized spacial score (nSPS) is 12.9. The molecule has 0 heterocycles. The quantitative estimate of drug-likeness (QED) is 0.0639. The van der Waals surface area contributed by atoms with Gasteiger partial charge in [-0.15, -0.1) is 0 Å². The van der Waals surface area contributed by atoms with E-state index in [1.165, 1.54) is 0 Å². The van der Waals surface area contributed by atoms with Gasteiger partial charge in [0.1, 0.15) is 12.1 Å². The molecule has 1 aromatic carbocycles. The highest BCUT2D eigenvalue weighted by Crippen LogP contribution is 2.05. The van der Waals surface area contributed by atoms with Crippen molar-refractivity contribution < 1.29 is 29.1 Å². The molecule has 4 amide bonds. The monoisotopic (exact) mass is 506 g/mol. The van der Waals surface area contributed by atoms with Gasteiger partial charge in [-0.25, -0.2) is 4.79 Å². The van der Waals surface area contributed by atoms with Crippen molar-refractivity contribution in [3.8, 4) is 0 Å². The molecule has 1 aromatic rings. The fraction of sp³-hybridized carbons (Fsp3) is 0.455. The molecule has 0 unspecified atom stereocenters. The van der Waals surface area contributed by atoms with E-state index in [4.69, 9.17) is 22.6 Å². The molecule has 0 spiro atoms. The molecule has 0 aliphatic carbocycles. The van der Waals surface area contributed by atoms with Gasteiger partial charge in [-0.2, -0.15) is 0 Å². The van der Waals surface area contributed by atoms with Crippen LogP contribution >= 0.6 is 0 Å². The number of nitrogens with two attached hydrogens (primary N) is 3. The zero-order chi connectivity index (χ0) is 27.1. The lowest BCUT2D eigenvalue weighted by Gasteiger charge is -2.21. The van der Waals surface area contributed by atoms with Crippen LogP contribution in [0, 0.1) is 5.41 Å². The second kappa shape index (κ2) is 15.7. The standard InChI is InChI=1S/C22H34N8O6/c23-14(8-9-17(24)31)19(33)30-16(11-13-5-2-1-3-6-13)20(34)28-12-18(32)29-15(21(35)36)7-4-10-27-22(25)26/h1-3,5-6,14-16H,4,7-12,23H2,(H2,24,31)(H,28,34)(H,29,32)(H,30,33)(H,35,36)(H4,25,26,27)/t14-,15-,16-/m0/s1. The minimum Gasteiger partial charge on any atom is -0.480 e. The Morgan fingerprint density at radius 1 is 0.917 bits per heavy atom. The third-order valence-electron chi connectivity index (χ3n) is 5.00. The first-order valence-corrected chi connectivity index (χ1v) is 11.3. The lowest BCUT2D eigenvalue weighted by molar-refractivity contribution is -0.142. The van der Waals surface area contributed by atoms with E-state index in [2.05, 4.69) is 21.3 Å². The molecule has 14 heteroatoms. The zero-order valence-electron chi connectivity index (χ0n) is 19.8. The Hall–Kier alpha value is -4.20. The number of primary amides is 1. The number of guanidine groups is 1. The van der Waals surface area contributed by atoms with Gasteiger partial charge in [-0.3, -0.25) is 24.6 Å². The molecule has 1 rings (SSSR count). The fourth-order valence-electron chi connectivity index (χ4n) is 3.09. The average Bonchev–Trinajstić information content (AvgIpc) is 2.82. The molecular formula is C22H34N8O6. The Bertz CT molecular complexity index is 926. The Kier molecular flexibility index (Phi) is 13.0. The molecule has 0 aliphatic rings. The summed E-state index contributed by atoms with van der Waals surface area (Å²) in [5.41, 5.74) is 16.8. The summed E-state index contributed by atoms with van der Waals surface area (Å²) in [7, 11) is 0. The average molecular weight is 507 g/mol. The molecule has 0 aromatic heterocycles. The van der Waals surface area contributed by atoms with Gasteiger partial charge >= 0.3 is 5.97 Å². The summed E-state index contributed by atoms with van der Waals surface area (Å²) in [6.45, 7) is -0.267. The van der Waals surface area contributed by atoms with Crippen LogP contribution in [0.2, 0.25) is 0 Å². The van der Waals surface area contributed by atoms with Gasteiger partial charge in [0.15, 0.2) is 5.96 Å². The molecule has 0 fully saturated rings. The maximum absolute atomic E-state index is 12.8. The number of carboxylic acid groups (broad SMARTS) is 1. The van der Waals surface area contributed by atoms with E-state index < -0.39 is 54.3 Å². The van der Waals surface area contributed by atoms with Gasteiger partial charge in [0, 0.05) is 19.4 Å². The predicted molar refractivity (Wildman–Crippen MR) is 130 cm³/mol. The van der Waals surface area contributed by atoms with Crippen molar-refractivity contribution in [2.24, 2.45) is 17.2 Å². The van der Waals surface area contributed by atoms with Crippen LogP contribution in [-0.4, -0.2) is 71.9 Å². The van der Waals surface area contributed by atoms with E-state index in [0.29, 0.717) is 6.42 Å². The van der Waals surface area contributed by atoms with E-state index in [1.807, 2.05) is 0 Å². The molecule has 36 heavy (non-hydrogen) atoms. The number of nitrogens with one attached hydrogen (secondary N) is 5. The first-order valence-electron chi connectivity index (χ1n) is 11.3. The zero-order valence-corrected chi connectivity index (χ0v) is 19.8. The van der Waals surface area contributed by atoms with E-state index >= 15 is 0 Å². The number of hydrogen-bond donors (Lipinski definition) is 9. The molecule has 0 aliphatic heterocycles. The van der Waals surface area contributed by atoms with Gasteiger partial charge < -0.3 is 43.6 Å². The minimum absolute atomic E-state index is 0.00175. The minimum atomic E-state index is -1.25. The summed E-state index contributed by atoms with van der Waals surface area (Å²) < 4.78 is 0. The maximum Gasteiger partial charge on any atom is 0.326 e. The molecule has 3 atom stereocenters. The largest absolute Gasteiger partial charge is 0.480 e.